The smallest absolute Gasteiger partial charge is 0.339 e. The molecule has 4 aromatic rings. The fourth-order valence-electron chi connectivity index (χ4n) is 4.51. The molecule has 1 aliphatic carbocycles. The number of fused-ring (bicyclic) bond motifs is 1. The number of aromatic nitrogens is 2. The first-order valence-corrected chi connectivity index (χ1v) is 12.1. The Bertz CT molecular complexity index is 1510. The number of oxazole rings is 1. The summed E-state index contributed by atoms with van der Waals surface area (Å²) in [6, 6.07) is 14.7. The molecule has 1 saturated heterocycles. The van der Waals surface area contributed by atoms with Crippen LogP contribution < -0.4 is 4.90 Å². The van der Waals surface area contributed by atoms with E-state index < -0.39 is 5.97 Å². The van der Waals surface area contributed by atoms with Crippen LogP contribution in [-0.4, -0.2) is 59.5 Å². The highest BCUT2D eigenvalue weighted by Gasteiger charge is 2.29. The molecule has 6 rings (SSSR count). The second-order valence-electron chi connectivity index (χ2n) is 9.09. The normalized spacial score (nSPS) is 15.5. The average molecular weight is 498 g/mol. The van der Waals surface area contributed by atoms with Crippen LogP contribution in [0.15, 0.2) is 57.6 Å². The molecule has 0 radical (unpaired) electrons. The Hall–Kier alpha value is -4.65. The molecule has 10 heteroatoms. The zero-order chi connectivity index (χ0) is 25.4. The van der Waals surface area contributed by atoms with Gasteiger partial charge in [-0.1, -0.05) is 18.2 Å². The van der Waals surface area contributed by atoms with Crippen LogP contribution in [-0.2, 0) is 9.53 Å². The number of nitriles is 1. The number of ether oxygens (including phenoxy) is 1. The topological polar surface area (TPSA) is 126 Å². The maximum absolute atomic E-state index is 13.0. The predicted octanol–water partition coefficient (Wildman–Crippen LogP) is 3.74. The third-order valence-corrected chi connectivity index (χ3v) is 6.64. The van der Waals surface area contributed by atoms with Gasteiger partial charge in [-0.05, 0) is 37.1 Å². The molecule has 2 aliphatic rings. The summed E-state index contributed by atoms with van der Waals surface area (Å²) in [4.78, 5) is 38.2. The van der Waals surface area contributed by atoms with Crippen molar-refractivity contribution in [1.82, 2.24) is 14.9 Å². The zero-order valence-electron chi connectivity index (χ0n) is 19.9. The number of anilines is 1. The summed E-state index contributed by atoms with van der Waals surface area (Å²) in [5.41, 5.74) is 2.25. The van der Waals surface area contributed by atoms with E-state index in [9.17, 15) is 14.9 Å². The number of piperazine rings is 1. The van der Waals surface area contributed by atoms with Crippen molar-refractivity contribution in [3.05, 3.63) is 65.7 Å². The highest BCUT2D eigenvalue weighted by Crippen LogP contribution is 2.40. The molecule has 4 heterocycles. The predicted molar refractivity (Wildman–Crippen MR) is 132 cm³/mol. The van der Waals surface area contributed by atoms with E-state index in [1.165, 1.54) is 6.26 Å². The average Bonchev–Trinajstić information content (AvgIpc) is 3.46. The van der Waals surface area contributed by atoms with Crippen LogP contribution in [0, 0.1) is 11.3 Å². The number of amides is 1. The molecule has 0 unspecified atom stereocenters. The summed E-state index contributed by atoms with van der Waals surface area (Å²) in [7, 11) is 0. The Morgan fingerprint density at radius 2 is 1.89 bits per heavy atom. The molecule has 2 fully saturated rings. The molecule has 1 aromatic carbocycles. The number of carbonyl (C=O) groups is 2. The number of hydrogen-bond donors (Lipinski definition) is 0. The van der Waals surface area contributed by atoms with Crippen molar-refractivity contribution >= 4 is 28.7 Å². The first-order chi connectivity index (χ1) is 18.1. The summed E-state index contributed by atoms with van der Waals surface area (Å²) in [5, 5.41) is 10.2. The van der Waals surface area contributed by atoms with Crippen molar-refractivity contribution in [2.75, 3.05) is 37.7 Å². The molecule has 1 saturated carbocycles. The molecule has 0 atom stereocenters. The van der Waals surface area contributed by atoms with Gasteiger partial charge in [0.1, 0.15) is 6.07 Å². The van der Waals surface area contributed by atoms with Crippen LogP contribution in [0.2, 0.25) is 0 Å². The van der Waals surface area contributed by atoms with E-state index in [1.54, 1.807) is 23.1 Å². The minimum Gasteiger partial charge on any atom is -0.459 e. The number of furan rings is 1. The molecule has 1 aliphatic heterocycles. The SMILES string of the molecule is N#Cc1nc(-c2ccco2)oc1N1CCN(C(=O)COC(=O)c2cc(C3CC3)nc3ccccc23)CC1. The number of nitrogens with zero attached hydrogens (tertiary/aromatic N) is 5. The second-order valence-corrected chi connectivity index (χ2v) is 9.09. The number of hydrogen-bond acceptors (Lipinski definition) is 9. The Morgan fingerprint density at radius 3 is 2.62 bits per heavy atom. The first kappa shape index (κ1) is 22.8. The van der Waals surface area contributed by atoms with Gasteiger partial charge in [-0.2, -0.15) is 10.2 Å². The van der Waals surface area contributed by atoms with Gasteiger partial charge in [-0.25, -0.2) is 4.79 Å². The maximum Gasteiger partial charge on any atom is 0.339 e. The summed E-state index contributed by atoms with van der Waals surface area (Å²) in [5.74, 6) is 0.597. The molecule has 3 aromatic heterocycles. The van der Waals surface area contributed by atoms with E-state index in [0.717, 1.165) is 24.1 Å². The van der Waals surface area contributed by atoms with Crippen LogP contribution in [0.25, 0.3) is 22.6 Å². The number of para-hydroxylation sites is 1. The molecule has 186 valence electrons. The lowest BCUT2D eigenvalue weighted by molar-refractivity contribution is -0.134. The highest BCUT2D eigenvalue weighted by molar-refractivity contribution is 6.04. The Kier molecular flexibility index (Phi) is 5.81. The Labute approximate surface area is 212 Å². The fourth-order valence-corrected chi connectivity index (χ4v) is 4.51. The third kappa shape index (κ3) is 4.51. The van der Waals surface area contributed by atoms with Crippen molar-refractivity contribution in [1.29, 1.82) is 5.26 Å². The lowest BCUT2D eigenvalue weighted by atomic mass is 10.1. The fraction of sp³-hybridized carbons (Fsp3) is 0.296. The van der Waals surface area contributed by atoms with E-state index in [-0.39, 0.29) is 24.1 Å². The van der Waals surface area contributed by atoms with E-state index in [0.29, 0.717) is 54.7 Å². The lowest BCUT2D eigenvalue weighted by Gasteiger charge is -2.34. The van der Waals surface area contributed by atoms with Crippen molar-refractivity contribution < 1.29 is 23.2 Å². The van der Waals surface area contributed by atoms with E-state index in [1.807, 2.05) is 29.2 Å². The molecule has 1 amide bonds. The number of carbonyl (C=O) groups excluding carboxylic acids is 2. The standard InChI is InChI=1S/C27H23N5O5/c28-15-22-26(37-25(30-22)23-6-3-13-35-23)32-11-9-31(10-12-32)24(33)16-36-27(34)19-14-21(17-7-8-17)29-20-5-2-1-4-18(19)20/h1-6,13-14,17H,7-12,16H2. The summed E-state index contributed by atoms with van der Waals surface area (Å²) < 4.78 is 16.6. The molecular formula is C27H23N5O5. The second kappa shape index (κ2) is 9.43. The largest absolute Gasteiger partial charge is 0.459 e. The van der Waals surface area contributed by atoms with Gasteiger partial charge in [-0.15, -0.1) is 0 Å². The molecule has 10 nitrogen and oxygen atoms in total. The van der Waals surface area contributed by atoms with Crippen LogP contribution in [0.4, 0.5) is 5.88 Å². The molecule has 0 spiro atoms. The van der Waals surface area contributed by atoms with Gasteiger partial charge in [0.2, 0.25) is 11.6 Å². The minimum atomic E-state index is -0.529. The molecule has 37 heavy (non-hydrogen) atoms. The molecule has 0 bridgehead atoms. The van der Waals surface area contributed by atoms with Gasteiger partial charge in [0.15, 0.2) is 12.4 Å². The molecule has 0 N–H and O–H groups in total. The zero-order valence-corrected chi connectivity index (χ0v) is 19.9. The number of pyridine rings is 1. The quantitative estimate of drug-likeness (QED) is 0.366. The first-order valence-electron chi connectivity index (χ1n) is 12.1. The molecular weight excluding hydrogens is 474 g/mol. The van der Waals surface area contributed by atoms with Crippen molar-refractivity contribution in [3.8, 4) is 17.7 Å². The summed E-state index contributed by atoms with van der Waals surface area (Å²) in [6.07, 6.45) is 3.64. The van der Waals surface area contributed by atoms with Crippen LogP contribution in [0.3, 0.4) is 0 Å². The van der Waals surface area contributed by atoms with E-state index in [4.69, 9.17) is 13.6 Å². The van der Waals surface area contributed by atoms with Crippen LogP contribution in [0.1, 0.15) is 40.5 Å². The van der Waals surface area contributed by atoms with Gasteiger partial charge < -0.3 is 23.4 Å². The van der Waals surface area contributed by atoms with E-state index >= 15 is 0 Å². The summed E-state index contributed by atoms with van der Waals surface area (Å²) in [6.45, 7) is 1.33. The van der Waals surface area contributed by atoms with Crippen molar-refractivity contribution in [2.24, 2.45) is 0 Å². The lowest BCUT2D eigenvalue weighted by Crippen LogP contribution is -2.50. The number of esters is 1. The highest BCUT2D eigenvalue weighted by atomic mass is 16.5. The summed E-state index contributed by atoms with van der Waals surface area (Å²) >= 11 is 0. The van der Waals surface area contributed by atoms with Crippen LogP contribution >= 0.6 is 0 Å². The number of rotatable bonds is 6. The van der Waals surface area contributed by atoms with Gasteiger partial charge in [0, 0.05) is 43.2 Å². The van der Waals surface area contributed by atoms with Crippen molar-refractivity contribution in [3.63, 3.8) is 0 Å². The monoisotopic (exact) mass is 497 g/mol. The van der Waals surface area contributed by atoms with Gasteiger partial charge in [0.25, 0.3) is 11.8 Å². The van der Waals surface area contributed by atoms with Crippen LogP contribution in [0.5, 0.6) is 0 Å². The Balaban J connectivity index is 1.09. The van der Waals surface area contributed by atoms with E-state index in [2.05, 4.69) is 16.0 Å². The Morgan fingerprint density at radius 1 is 1.08 bits per heavy atom. The van der Waals surface area contributed by atoms with Gasteiger partial charge in [0.05, 0.1) is 17.3 Å². The number of benzene rings is 1. The maximum atomic E-state index is 13.0. The third-order valence-electron chi connectivity index (χ3n) is 6.64. The van der Waals surface area contributed by atoms with Crippen molar-refractivity contribution in [2.45, 2.75) is 18.8 Å². The van der Waals surface area contributed by atoms with Gasteiger partial charge in [-0.3, -0.25) is 9.78 Å². The van der Waals surface area contributed by atoms with Gasteiger partial charge >= 0.3 is 5.97 Å². The minimum absolute atomic E-state index is 0.162.